The highest BCUT2D eigenvalue weighted by atomic mass is 16.5. The van der Waals surface area contributed by atoms with Crippen molar-refractivity contribution in [2.24, 2.45) is 0 Å². The molecular weight excluding hydrogens is 198 g/mol. The summed E-state index contributed by atoms with van der Waals surface area (Å²) in [5.41, 5.74) is 2.63. The lowest BCUT2D eigenvalue weighted by atomic mass is 9.97. The van der Waals surface area contributed by atoms with E-state index in [9.17, 15) is 0 Å². The lowest BCUT2D eigenvalue weighted by Crippen LogP contribution is -2.17. The van der Waals surface area contributed by atoms with Gasteiger partial charge in [-0.3, -0.25) is 0 Å². The quantitative estimate of drug-likeness (QED) is 0.772. The molecule has 0 spiro atoms. The summed E-state index contributed by atoms with van der Waals surface area (Å²) >= 11 is 0. The van der Waals surface area contributed by atoms with Crippen LogP contribution in [0.5, 0.6) is 5.75 Å². The molecule has 1 rings (SSSR count). The van der Waals surface area contributed by atoms with Crippen LogP contribution in [0.4, 0.5) is 0 Å². The molecule has 0 saturated heterocycles. The number of ether oxygens (including phenoxy) is 1. The maximum absolute atomic E-state index is 5.39. The number of methoxy groups -OCH3 is 1. The average molecular weight is 221 g/mol. The van der Waals surface area contributed by atoms with E-state index in [0.717, 1.165) is 5.75 Å². The molecule has 0 fully saturated rings. The van der Waals surface area contributed by atoms with Crippen LogP contribution in [0.1, 0.15) is 43.9 Å². The Kier molecular flexibility index (Phi) is 4.36. The van der Waals surface area contributed by atoms with E-state index in [2.05, 4.69) is 58.0 Å². The Morgan fingerprint density at radius 3 is 2.19 bits per heavy atom. The first-order valence-corrected chi connectivity index (χ1v) is 5.81. The molecule has 0 N–H and O–H groups in total. The topological polar surface area (TPSA) is 12.5 Å². The molecule has 90 valence electrons. The third kappa shape index (κ3) is 2.76. The van der Waals surface area contributed by atoms with Crippen molar-refractivity contribution in [1.82, 2.24) is 4.90 Å². The predicted octanol–water partition coefficient (Wildman–Crippen LogP) is 3.44. The first-order chi connectivity index (χ1) is 7.47. The van der Waals surface area contributed by atoms with E-state index in [4.69, 9.17) is 4.74 Å². The van der Waals surface area contributed by atoms with Crippen LogP contribution in [0.2, 0.25) is 0 Å². The second-order valence-electron chi connectivity index (χ2n) is 4.80. The lowest BCUT2D eigenvalue weighted by Gasteiger charge is -2.22. The molecular formula is C14H23NO. The zero-order valence-corrected chi connectivity index (χ0v) is 11.2. The van der Waals surface area contributed by atoms with Gasteiger partial charge in [0, 0.05) is 6.04 Å². The highest BCUT2D eigenvalue weighted by molar-refractivity contribution is 5.40. The maximum atomic E-state index is 5.39. The molecule has 1 unspecified atom stereocenters. The third-order valence-electron chi connectivity index (χ3n) is 3.13. The minimum Gasteiger partial charge on any atom is -0.496 e. The molecule has 0 saturated carbocycles. The third-order valence-corrected chi connectivity index (χ3v) is 3.13. The highest BCUT2D eigenvalue weighted by Crippen LogP contribution is 2.30. The summed E-state index contributed by atoms with van der Waals surface area (Å²) in [7, 11) is 5.93. The van der Waals surface area contributed by atoms with Crippen molar-refractivity contribution in [3.05, 3.63) is 29.3 Å². The van der Waals surface area contributed by atoms with E-state index in [1.54, 1.807) is 7.11 Å². The summed E-state index contributed by atoms with van der Waals surface area (Å²) in [5, 5.41) is 0. The highest BCUT2D eigenvalue weighted by Gasteiger charge is 2.12. The van der Waals surface area contributed by atoms with Crippen LogP contribution in [-0.4, -0.2) is 26.1 Å². The molecule has 0 amide bonds. The Bertz CT molecular complexity index is 345. The summed E-state index contributed by atoms with van der Waals surface area (Å²) < 4.78 is 5.39. The monoisotopic (exact) mass is 221 g/mol. The van der Waals surface area contributed by atoms with E-state index >= 15 is 0 Å². The Morgan fingerprint density at radius 1 is 1.12 bits per heavy atom. The van der Waals surface area contributed by atoms with E-state index in [0.29, 0.717) is 12.0 Å². The van der Waals surface area contributed by atoms with Crippen LogP contribution in [0, 0.1) is 0 Å². The standard InChI is InChI=1S/C14H23NO/c1-10(2)13-9-12(11(3)15(4)5)7-8-14(13)16-6/h7-11H,1-6H3. The lowest BCUT2D eigenvalue weighted by molar-refractivity contribution is 0.320. The van der Waals surface area contributed by atoms with Crippen LogP contribution in [0.15, 0.2) is 18.2 Å². The van der Waals surface area contributed by atoms with Gasteiger partial charge >= 0.3 is 0 Å². The summed E-state index contributed by atoms with van der Waals surface area (Å²) in [6.07, 6.45) is 0. The van der Waals surface area contributed by atoms with Crippen molar-refractivity contribution in [1.29, 1.82) is 0 Å². The molecule has 1 aromatic rings. The van der Waals surface area contributed by atoms with E-state index in [1.807, 2.05) is 0 Å². The van der Waals surface area contributed by atoms with Crippen molar-refractivity contribution in [3.8, 4) is 5.75 Å². The van der Waals surface area contributed by atoms with Crippen molar-refractivity contribution in [2.75, 3.05) is 21.2 Å². The second-order valence-corrected chi connectivity index (χ2v) is 4.80. The number of rotatable bonds is 4. The largest absolute Gasteiger partial charge is 0.496 e. The summed E-state index contributed by atoms with van der Waals surface area (Å²) in [5.74, 6) is 1.48. The first kappa shape index (κ1) is 13.0. The summed E-state index contributed by atoms with van der Waals surface area (Å²) in [4.78, 5) is 2.21. The predicted molar refractivity (Wildman–Crippen MR) is 69.2 cm³/mol. The normalized spacial score (nSPS) is 13.2. The molecule has 2 nitrogen and oxygen atoms in total. The number of benzene rings is 1. The average Bonchev–Trinajstić information content (AvgIpc) is 2.26. The molecule has 0 aliphatic carbocycles. The molecule has 1 atom stereocenters. The molecule has 0 bridgehead atoms. The SMILES string of the molecule is COc1ccc(C(C)N(C)C)cc1C(C)C. The van der Waals surface area contributed by atoms with Gasteiger partial charge in [-0.1, -0.05) is 26.0 Å². The fourth-order valence-corrected chi connectivity index (χ4v) is 1.76. The Morgan fingerprint density at radius 2 is 1.75 bits per heavy atom. The van der Waals surface area contributed by atoms with Gasteiger partial charge in [-0.05, 0) is 44.1 Å². The maximum Gasteiger partial charge on any atom is 0.122 e. The molecule has 0 aliphatic heterocycles. The minimum atomic E-state index is 0.434. The zero-order valence-electron chi connectivity index (χ0n) is 11.2. The number of nitrogens with zero attached hydrogens (tertiary/aromatic N) is 1. The van der Waals surface area contributed by atoms with Crippen LogP contribution in [-0.2, 0) is 0 Å². The van der Waals surface area contributed by atoms with E-state index in [1.165, 1.54) is 11.1 Å². The summed E-state index contributed by atoms with van der Waals surface area (Å²) in [6, 6.07) is 6.91. The fraction of sp³-hybridized carbons (Fsp3) is 0.571. The van der Waals surface area contributed by atoms with Gasteiger partial charge in [-0.2, -0.15) is 0 Å². The summed E-state index contributed by atoms with van der Waals surface area (Å²) in [6.45, 7) is 6.61. The Hall–Kier alpha value is -1.02. The molecule has 0 heterocycles. The second kappa shape index (κ2) is 5.35. The fourth-order valence-electron chi connectivity index (χ4n) is 1.76. The van der Waals surface area contributed by atoms with Crippen LogP contribution in [0.25, 0.3) is 0 Å². The molecule has 16 heavy (non-hydrogen) atoms. The molecule has 0 aliphatic rings. The number of hydrogen-bond donors (Lipinski definition) is 0. The van der Waals surface area contributed by atoms with Gasteiger partial charge < -0.3 is 9.64 Å². The first-order valence-electron chi connectivity index (χ1n) is 5.81. The van der Waals surface area contributed by atoms with Crippen LogP contribution >= 0.6 is 0 Å². The van der Waals surface area contributed by atoms with Gasteiger partial charge in [-0.25, -0.2) is 0 Å². The van der Waals surface area contributed by atoms with Gasteiger partial charge in [0.2, 0.25) is 0 Å². The van der Waals surface area contributed by atoms with Crippen LogP contribution in [0.3, 0.4) is 0 Å². The Labute approximate surface area is 99.2 Å². The van der Waals surface area contributed by atoms with Crippen LogP contribution < -0.4 is 4.74 Å². The van der Waals surface area contributed by atoms with Gasteiger partial charge in [0.05, 0.1) is 7.11 Å². The van der Waals surface area contributed by atoms with Gasteiger partial charge in [0.15, 0.2) is 0 Å². The minimum absolute atomic E-state index is 0.434. The van der Waals surface area contributed by atoms with Crippen molar-refractivity contribution >= 4 is 0 Å². The number of hydrogen-bond acceptors (Lipinski definition) is 2. The van der Waals surface area contributed by atoms with E-state index in [-0.39, 0.29) is 0 Å². The van der Waals surface area contributed by atoms with Crippen molar-refractivity contribution in [3.63, 3.8) is 0 Å². The smallest absolute Gasteiger partial charge is 0.122 e. The molecule has 0 aromatic heterocycles. The Balaban J connectivity index is 3.11. The van der Waals surface area contributed by atoms with Gasteiger partial charge in [0.25, 0.3) is 0 Å². The van der Waals surface area contributed by atoms with Gasteiger partial charge in [0.1, 0.15) is 5.75 Å². The zero-order chi connectivity index (χ0) is 12.3. The van der Waals surface area contributed by atoms with E-state index < -0.39 is 0 Å². The molecule has 1 aromatic carbocycles. The molecule has 2 heteroatoms. The van der Waals surface area contributed by atoms with Crippen molar-refractivity contribution < 1.29 is 4.74 Å². The van der Waals surface area contributed by atoms with Crippen molar-refractivity contribution in [2.45, 2.75) is 32.7 Å². The molecule has 0 radical (unpaired) electrons. The van der Waals surface area contributed by atoms with Gasteiger partial charge in [-0.15, -0.1) is 0 Å².